The second-order valence-electron chi connectivity index (χ2n) is 4.35. The van der Waals surface area contributed by atoms with Crippen molar-refractivity contribution in [3.8, 4) is 0 Å². The van der Waals surface area contributed by atoms with E-state index in [4.69, 9.17) is 0 Å². The molecule has 2 atom stereocenters. The van der Waals surface area contributed by atoms with Crippen LogP contribution in [0.3, 0.4) is 0 Å². The van der Waals surface area contributed by atoms with E-state index in [1.54, 1.807) is 0 Å². The van der Waals surface area contributed by atoms with Crippen LogP contribution in [0.2, 0.25) is 0 Å². The standard InChI is InChI=1S/C11H23N3O/c1-4-5-6-13-11(15)14-9(2)7-12-8-10(14)3/h9-10,12H,4-8H2,1-3H3,(H,13,15). The van der Waals surface area contributed by atoms with Crippen molar-refractivity contribution >= 4 is 6.03 Å². The molecule has 0 aromatic heterocycles. The third-order valence-electron chi connectivity index (χ3n) is 2.87. The summed E-state index contributed by atoms with van der Waals surface area (Å²) in [6, 6.07) is 0.663. The second-order valence-corrected chi connectivity index (χ2v) is 4.35. The monoisotopic (exact) mass is 213 g/mol. The van der Waals surface area contributed by atoms with Gasteiger partial charge in [0.2, 0.25) is 0 Å². The largest absolute Gasteiger partial charge is 0.338 e. The summed E-state index contributed by atoms with van der Waals surface area (Å²) in [6.45, 7) is 8.88. The topological polar surface area (TPSA) is 44.4 Å². The lowest BCUT2D eigenvalue weighted by Crippen LogP contribution is -2.59. The lowest BCUT2D eigenvalue weighted by molar-refractivity contribution is 0.132. The quantitative estimate of drug-likeness (QED) is 0.691. The number of piperazine rings is 1. The molecule has 2 amide bonds. The molecule has 1 aliphatic heterocycles. The van der Waals surface area contributed by atoms with Gasteiger partial charge in [0.1, 0.15) is 0 Å². The van der Waals surface area contributed by atoms with Gasteiger partial charge in [0.15, 0.2) is 0 Å². The molecule has 4 heteroatoms. The fourth-order valence-corrected chi connectivity index (χ4v) is 2.00. The van der Waals surface area contributed by atoms with Crippen LogP contribution >= 0.6 is 0 Å². The highest BCUT2D eigenvalue weighted by Crippen LogP contribution is 2.09. The summed E-state index contributed by atoms with van der Waals surface area (Å²) in [5.74, 6) is 0. The van der Waals surface area contributed by atoms with Gasteiger partial charge < -0.3 is 15.5 Å². The number of amides is 2. The van der Waals surface area contributed by atoms with Crippen LogP contribution in [0.4, 0.5) is 4.79 Å². The zero-order valence-electron chi connectivity index (χ0n) is 10.0. The second kappa shape index (κ2) is 5.95. The van der Waals surface area contributed by atoms with Gasteiger partial charge in [-0.15, -0.1) is 0 Å². The number of nitrogens with one attached hydrogen (secondary N) is 2. The van der Waals surface area contributed by atoms with Gasteiger partial charge in [-0.2, -0.15) is 0 Å². The normalized spacial score (nSPS) is 26.5. The van der Waals surface area contributed by atoms with Crippen molar-refractivity contribution in [2.75, 3.05) is 19.6 Å². The highest BCUT2D eigenvalue weighted by molar-refractivity contribution is 5.75. The van der Waals surface area contributed by atoms with Crippen LogP contribution in [0.25, 0.3) is 0 Å². The molecule has 1 fully saturated rings. The Kier molecular flexibility index (Phi) is 4.88. The summed E-state index contributed by atoms with van der Waals surface area (Å²) in [5.41, 5.74) is 0. The Morgan fingerprint density at radius 3 is 2.53 bits per heavy atom. The molecule has 0 aromatic rings. The summed E-state index contributed by atoms with van der Waals surface area (Å²) in [7, 11) is 0. The Bertz CT molecular complexity index is 198. The minimum atomic E-state index is 0.0879. The summed E-state index contributed by atoms with van der Waals surface area (Å²) in [6.07, 6.45) is 2.17. The van der Waals surface area contributed by atoms with Crippen molar-refractivity contribution in [3.63, 3.8) is 0 Å². The van der Waals surface area contributed by atoms with Crippen LogP contribution in [0.1, 0.15) is 33.6 Å². The molecule has 0 spiro atoms. The van der Waals surface area contributed by atoms with Gasteiger partial charge in [-0.1, -0.05) is 13.3 Å². The number of urea groups is 1. The van der Waals surface area contributed by atoms with Crippen molar-refractivity contribution in [1.29, 1.82) is 0 Å². The molecular weight excluding hydrogens is 190 g/mol. The van der Waals surface area contributed by atoms with E-state index in [0.717, 1.165) is 32.5 Å². The maximum Gasteiger partial charge on any atom is 0.317 e. The Morgan fingerprint density at radius 1 is 1.40 bits per heavy atom. The van der Waals surface area contributed by atoms with Gasteiger partial charge in [-0.05, 0) is 20.3 Å². The van der Waals surface area contributed by atoms with Gasteiger partial charge in [0, 0.05) is 31.7 Å². The van der Waals surface area contributed by atoms with E-state index >= 15 is 0 Å². The van der Waals surface area contributed by atoms with Crippen LogP contribution in [0.5, 0.6) is 0 Å². The first-order valence-electron chi connectivity index (χ1n) is 5.93. The zero-order valence-corrected chi connectivity index (χ0v) is 10.0. The molecule has 1 saturated heterocycles. The molecule has 15 heavy (non-hydrogen) atoms. The highest BCUT2D eigenvalue weighted by Gasteiger charge is 2.28. The number of carbonyl (C=O) groups excluding carboxylic acids is 1. The smallest absolute Gasteiger partial charge is 0.317 e. The van der Waals surface area contributed by atoms with Gasteiger partial charge in [0.05, 0.1) is 0 Å². The summed E-state index contributed by atoms with van der Waals surface area (Å²) in [4.78, 5) is 13.8. The maximum absolute atomic E-state index is 11.9. The SMILES string of the molecule is CCCCNC(=O)N1C(C)CNCC1C. The maximum atomic E-state index is 11.9. The van der Waals surface area contributed by atoms with Gasteiger partial charge in [0.25, 0.3) is 0 Å². The fourth-order valence-electron chi connectivity index (χ4n) is 2.00. The van der Waals surface area contributed by atoms with Crippen LogP contribution in [-0.4, -0.2) is 42.6 Å². The third kappa shape index (κ3) is 3.38. The Balaban J connectivity index is 2.41. The molecule has 0 aliphatic carbocycles. The number of rotatable bonds is 3. The molecule has 1 aliphatic rings. The molecule has 1 rings (SSSR count). The average molecular weight is 213 g/mol. The van der Waals surface area contributed by atoms with Gasteiger partial charge in [-0.3, -0.25) is 0 Å². The number of hydrogen-bond acceptors (Lipinski definition) is 2. The molecule has 0 saturated carbocycles. The van der Waals surface area contributed by atoms with E-state index in [1.165, 1.54) is 0 Å². The van der Waals surface area contributed by atoms with Crippen LogP contribution in [0.15, 0.2) is 0 Å². The van der Waals surface area contributed by atoms with Crippen molar-refractivity contribution in [3.05, 3.63) is 0 Å². The lowest BCUT2D eigenvalue weighted by Gasteiger charge is -2.39. The van der Waals surface area contributed by atoms with E-state index in [0.29, 0.717) is 0 Å². The van der Waals surface area contributed by atoms with E-state index in [1.807, 2.05) is 4.90 Å². The van der Waals surface area contributed by atoms with Crippen molar-refractivity contribution in [2.24, 2.45) is 0 Å². The Hall–Kier alpha value is -0.770. The summed E-state index contributed by atoms with van der Waals surface area (Å²) in [5, 5.41) is 6.29. The molecule has 0 bridgehead atoms. The van der Waals surface area contributed by atoms with Crippen molar-refractivity contribution < 1.29 is 4.79 Å². The zero-order chi connectivity index (χ0) is 11.3. The van der Waals surface area contributed by atoms with E-state index in [2.05, 4.69) is 31.4 Å². The predicted molar refractivity (Wildman–Crippen MR) is 61.9 cm³/mol. The molecule has 4 nitrogen and oxygen atoms in total. The van der Waals surface area contributed by atoms with E-state index in [-0.39, 0.29) is 18.1 Å². The first kappa shape index (κ1) is 12.3. The summed E-state index contributed by atoms with van der Waals surface area (Å²) < 4.78 is 0. The minimum Gasteiger partial charge on any atom is -0.338 e. The van der Waals surface area contributed by atoms with Gasteiger partial charge in [-0.25, -0.2) is 4.79 Å². The summed E-state index contributed by atoms with van der Waals surface area (Å²) >= 11 is 0. The van der Waals surface area contributed by atoms with E-state index < -0.39 is 0 Å². The van der Waals surface area contributed by atoms with Gasteiger partial charge >= 0.3 is 6.03 Å². The van der Waals surface area contributed by atoms with Crippen molar-refractivity contribution in [1.82, 2.24) is 15.5 Å². The van der Waals surface area contributed by atoms with Crippen LogP contribution in [0, 0.1) is 0 Å². The van der Waals surface area contributed by atoms with Crippen molar-refractivity contribution in [2.45, 2.75) is 45.7 Å². The number of hydrogen-bond donors (Lipinski definition) is 2. The molecule has 2 N–H and O–H groups in total. The number of carbonyl (C=O) groups is 1. The first-order valence-corrected chi connectivity index (χ1v) is 5.93. The molecule has 2 unspecified atom stereocenters. The molecule has 88 valence electrons. The van der Waals surface area contributed by atoms with Crippen LogP contribution in [-0.2, 0) is 0 Å². The van der Waals surface area contributed by atoms with Crippen LogP contribution < -0.4 is 10.6 Å². The lowest BCUT2D eigenvalue weighted by atomic mass is 10.1. The fraction of sp³-hybridized carbons (Fsp3) is 0.909. The molecule has 0 radical (unpaired) electrons. The Morgan fingerprint density at radius 2 is 2.00 bits per heavy atom. The Labute approximate surface area is 92.4 Å². The number of unbranched alkanes of at least 4 members (excludes halogenated alkanes) is 1. The van der Waals surface area contributed by atoms with E-state index in [9.17, 15) is 4.79 Å². The molecule has 1 heterocycles. The number of nitrogens with zero attached hydrogens (tertiary/aromatic N) is 1. The third-order valence-corrected chi connectivity index (χ3v) is 2.87. The molecular formula is C11H23N3O. The average Bonchev–Trinajstić information content (AvgIpc) is 2.18. The highest BCUT2D eigenvalue weighted by atomic mass is 16.2. The minimum absolute atomic E-state index is 0.0879. The predicted octanol–water partition coefficient (Wildman–Crippen LogP) is 1.18. The molecule has 0 aromatic carbocycles. The first-order chi connectivity index (χ1) is 7.16.